The number of aromatic nitrogens is 3. The van der Waals surface area contributed by atoms with Crippen LogP contribution in [0.5, 0.6) is 0 Å². The van der Waals surface area contributed by atoms with Gasteiger partial charge in [-0.05, 0) is 17.5 Å². The summed E-state index contributed by atoms with van der Waals surface area (Å²) in [5.74, 6) is 0. The number of hydrogen-bond acceptors (Lipinski definition) is 3. The van der Waals surface area contributed by atoms with Crippen molar-refractivity contribution in [3.8, 4) is 11.3 Å². The fourth-order valence-electron chi connectivity index (χ4n) is 2.09. The smallest absolute Gasteiger partial charge is 0.302 e. The maximum Gasteiger partial charge on any atom is 0.431 e. The molecule has 0 saturated carbocycles. The molecule has 0 unspecified atom stereocenters. The number of hydrogen-bond donors (Lipinski definition) is 1. The first-order valence-electron chi connectivity index (χ1n) is 5.97. The van der Waals surface area contributed by atoms with Crippen molar-refractivity contribution in [2.75, 3.05) is 0 Å². The van der Waals surface area contributed by atoms with E-state index in [2.05, 4.69) is 9.97 Å². The molecule has 0 saturated heterocycles. The van der Waals surface area contributed by atoms with Crippen molar-refractivity contribution in [1.82, 2.24) is 15.0 Å². The third-order valence-electron chi connectivity index (χ3n) is 3.01. The van der Waals surface area contributed by atoms with E-state index < -0.39 is 17.6 Å². The molecule has 0 aliphatic heterocycles. The van der Waals surface area contributed by atoms with Gasteiger partial charge in [0.05, 0.1) is 5.69 Å². The van der Waals surface area contributed by atoms with E-state index >= 15 is 0 Å². The summed E-state index contributed by atoms with van der Waals surface area (Å²) in [6.07, 6.45) is -1.53. The Kier molecular flexibility index (Phi) is 2.97. The molecule has 0 radical (unpaired) electrons. The van der Waals surface area contributed by atoms with Gasteiger partial charge in [-0.25, -0.2) is 4.79 Å². The maximum absolute atomic E-state index is 12.8. The maximum atomic E-state index is 12.8. The molecular weight excluding hydrogens is 283 g/mol. The van der Waals surface area contributed by atoms with Gasteiger partial charge in [0.2, 0.25) is 0 Å². The highest BCUT2D eigenvalue weighted by Gasteiger charge is 2.32. The number of H-pyrrole nitrogens is 1. The van der Waals surface area contributed by atoms with Crippen LogP contribution < -0.4 is 5.69 Å². The number of aromatic amines is 1. The average Bonchev–Trinajstić information content (AvgIpc) is 2.45. The Balaban J connectivity index is 2.29. The van der Waals surface area contributed by atoms with Gasteiger partial charge in [-0.1, -0.05) is 18.2 Å². The van der Waals surface area contributed by atoms with Crippen LogP contribution in [-0.4, -0.2) is 15.0 Å². The number of alkyl halides is 3. The van der Waals surface area contributed by atoms with Crippen LogP contribution in [0.15, 0.2) is 47.5 Å². The van der Waals surface area contributed by atoms with Crippen molar-refractivity contribution in [2.45, 2.75) is 6.18 Å². The van der Waals surface area contributed by atoms with Gasteiger partial charge in [0.25, 0.3) is 0 Å². The molecule has 4 nitrogen and oxygen atoms in total. The summed E-state index contributed by atoms with van der Waals surface area (Å²) in [6, 6.07) is 7.65. The molecule has 2 aromatic heterocycles. The molecule has 2 heterocycles. The fourth-order valence-corrected chi connectivity index (χ4v) is 2.09. The van der Waals surface area contributed by atoms with Crippen LogP contribution in [0.2, 0.25) is 0 Å². The number of fused-ring (bicyclic) bond motifs is 1. The standard InChI is InChI=1S/C14H8F3N3O/c15-14(16,17)12-6-11(19-13(21)20-12)9-3-1-2-8-4-5-18-7-10(8)9/h1-7H,(H,19,20,21). The number of benzene rings is 1. The molecule has 0 aliphatic carbocycles. The van der Waals surface area contributed by atoms with Crippen molar-refractivity contribution in [3.05, 3.63) is 58.9 Å². The van der Waals surface area contributed by atoms with E-state index in [9.17, 15) is 18.0 Å². The first kappa shape index (κ1) is 13.3. The van der Waals surface area contributed by atoms with Crippen LogP contribution in [-0.2, 0) is 6.18 Å². The van der Waals surface area contributed by atoms with E-state index in [-0.39, 0.29) is 5.69 Å². The molecule has 3 rings (SSSR count). The van der Waals surface area contributed by atoms with Crippen molar-refractivity contribution < 1.29 is 13.2 Å². The van der Waals surface area contributed by atoms with Crippen molar-refractivity contribution in [1.29, 1.82) is 0 Å². The molecule has 1 N–H and O–H groups in total. The second kappa shape index (κ2) is 4.69. The van der Waals surface area contributed by atoms with Gasteiger partial charge in [-0.2, -0.15) is 18.2 Å². The van der Waals surface area contributed by atoms with Gasteiger partial charge in [-0.15, -0.1) is 0 Å². The molecule has 7 heteroatoms. The van der Waals surface area contributed by atoms with Crippen LogP contribution in [0.4, 0.5) is 13.2 Å². The average molecular weight is 291 g/mol. The Morgan fingerprint density at radius 3 is 2.71 bits per heavy atom. The molecular formula is C14H8F3N3O. The predicted octanol–water partition coefficient (Wildman–Crippen LogP) is 3.00. The first-order valence-corrected chi connectivity index (χ1v) is 5.97. The fraction of sp³-hybridized carbons (Fsp3) is 0.0714. The van der Waals surface area contributed by atoms with Crippen molar-refractivity contribution >= 4 is 10.8 Å². The van der Waals surface area contributed by atoms with Crippen molar-refractivity contribution in [3.63, 3.8) is 0 Å². The topological polar surface area (TPSA) is 58.6 Å². The van der Waals surface area contributed by atoms with Crippen LogP contribution >= 0.6 is 0 Å². The molecule has 0 fully saturated rings. The van der Waals surface area contributed by atoms with Gasteiger partial charge >= 0.3 is 11.9 Å². The molecule has 0 aliphatic rings. The summed E-state index contributed by atoms with van der Waals surface area (Å²) in [6.45, 7) is 0. The molecule has 0 amide bonds. The summed E-state index contributed by atoms with van der Waals surface area (Å²) in [4.78, 5) is 20.7. The van der Waals surface area contributed by atoms with Crippen LogP contribution in [0.3, 0.4) is 0 Å². The lowest BCUT2D eigenvalue weighted by Crippen LogP contribution is -2.19. The minimum Gasteiger partial charge on any atom is -0.302 e. The third-order valence-corrected chi connectivity index (χ3v) is 3.01. The Hall–Kier alpha value is -2.70. The van der Waals surface area contributed by atoms with Crippen LogP contribution in [0.25, 0.3) is 22.0 Å². The van der Waals surface area contributed by atoms with Gasteiger partial charge in [0.1, 0.15) is 5.69 Å². The Labute approximate surface area is 116 Å². The second-order valence-electron chi connectivity index (χ2n) is 4.39. The molecule has 1 aromatic carbocycles. The Bertz CT molecular complexity index is 866. The van der Waals surface area contributed by atoms with E-state index in [1.807, 2.05) is 0 Å². The number of pyridine rings is 1. The lowest BCUT2D eigenvalue weighted by atomic mass is 10.0. The summed E-state index contributed by atoms with van der Waals surface area (Å²) in [5.41, 5.74) is -1.78. The molecule has 0 spiro atoms. The highest BCUT2D eigenvalue weighted by molar-refractivity contribution is 5.95. The normalized spacial score (nSPS) is 11.8. The van der Waals surface area contributed by atoms with E-state index in [0.717, 1.165) is 11.5 Å². The number of nitrogens with zero attached hydrogens (tertiary/aromatic N) is 2. The van der Waals surface area contributed by atoms with Crippen LogP contribution in [0.1, 0.15) is 5.69 Å². The Morgan fingerprint density at radius 1 is 1.14 bits per heavy atom. The monoisotopic (exact) mass is 291 g/mol. The first-order chi connectivity index (χ1) is 9.95. The number of nitrogens with one attached hydrogen (secondary N) is 1. The molecule has 106 valence electrons. The molecule has 21 heavy (non-hydrogen) atoms. The lowest BCUT2D eigenvalue weighted by molar-refractivity contribution is -0.141. The van der Waals surface area contributed by atoms with Gasteiger partial charge in [0, 0.05) is 23.3 Å². The second-order valence-corrected chi connectivity index (χ2v) is 4.39. The minimum absolute atomic E-state index is 0.0373. The zero-order valence-corrected chi connectivity index (χ0v) is 10.5. The summed E-state index contributed by atoms with van der Waals surface area (Å²) in [5, 5.41) is 1.43. The molecule has 0 bridgehead atoms. The Morgan fingerprint density at radius 2 is 1.95 bits per heavy atom. The zero-order chi connectivity index (χ0) is 15.0. The minimum atomic E-state index is -4.64. The number of rotatable bonds is 1. The predicted molar refractivity (Wildman–Crippen MR) is 70.6 cm³/mol. The molecule has 0 atom stereocenters. The lowest BCUT2D eigenvalue weighted by Gasteiger charge is -2.09. The largest absolute Gasteiger partial charge is 0.431 e. The van der Waals surface area contributed by atoms with Gasteiger partial charge < -0.3 is 4.98 Å². The van der Waals surface area contributed by atoms with Crippen LogP contribution in [0, 0.1) is 0 Å². The van der Waals surface area contributed by atoms with Gasteiger partial charge in [-0.3, -0.25) is 4.98 Å². The highest BCUT2D eigenvalue weighted by atomic mass is 19.4. The molecule has 3 aromatic rings. The zero-order valence-electron chi connectivity index (χ0n) is 10.5. The van der Waals surface area contributed by atoms with E-state index in [0.29, 0.717) is 10.9 Å². The third kappa shape index (κ3) is 2.49. The van der Waals surface area contributed by atoms with E-state index in [4.69, 9.17) is 0 Å². The summed E-state index contributed by atoms with van der Waals surface area (Å²) < 4.78 is 38.3. The number of halogens is 3. The van der Waals surface area contributed by atoms with E-state index in [1.54, 1.807) is 35.4 Å². The van der Waals surface area contributed by atoms with E-state index in [1.165, 1.54) is 6.20 Å². The highest BCUT2D eigenvalue weighted by Crippen LogP contribution is 2.31. The van der Waals surface area contributed by atoms with Gasteiger partial charge in [0.15, 0.2) is 0 Å². The quantitative estimate of drug-likeness (QED) is 0.749. The summed E-state index contributed by atoms with van der Waals surface area (Å²) >= 11 is 0. The van der Waals surface area contributed by atoms with Crippen molar-refractivity contribution in [2.24, 2.45) is 0 Å². The summed E-state index contributed by atoms with van der Waals surface area (Å²) in [7, 11) is 0. The SMILES string of the molecule is O=c1nc(-c2cccc3ccncc23)cc(C(F)(F)F)[nH]1.